The molecule has 0 saturated heterocycles. The number of nitrogens with zero attached hydrogens (tertiary/aromatic N) is 1. The summed E-state index contributed by atoms with van der Waals surface area (Å²) >= 11 is 0. The molecular weight excluding hydrogens is 382 g/mol. The molecule has 0 unspecified atom stereocenters. The van der Waals surface area contributed by atoms with Gasteiger partial charge in [0, 0.05) is 28.7 Å². The number of hydrogen-bond acceptors (Lipinski definition) is 5. The van der Waals surface area contributed by atoms with Crippen molar-refractivity contribution in [1.29, 1.82) is 0 Å². The van der Waals surface area contributed by atoms with Crippen LogP contribution in [0.5, 0.6) is 5.75 Å². The van der Waals surface area contributed by atoms with Crippen molar-refractivity contribution in [3.8, 4) is 5.75 Å². The number of phenolic OH excluding ortho intramolecular Hbond substituents is 1. The average Bonchev–Trinajstić information content (AvgIpc) is 3.15. The van der Waals surface area contributed by atoms with Crippen LogP contribution in [0, 0.1) is 0 Å². The summed E-state index contributed by atoms with van der Waals surface area (Å²) in [6.45, 7) is -0.291. The SMILES string of the molecule is O=C(Cc1coc2cc(O)ccc12)OCC(=O)N(c1ccccc1)C1CCCCC1. The van der Waals surface area contributed by atoms with E-state index >= 15 is 0 Å². The van der Waals surface area contributed by atoms with Crippen LogP contribution >= 0.6 is 0 Å². The summed E-state index contributed by atoms with van der Waals surface area (Å²) in [6.07, 6.45) is 6.79. The van der Waals surface area contributed by atoms with Gasteiger partial charge in [0.15, 0.2) is 6.61 Å². The number of aromatic hydroxyl groups is 1. The number of para-hydroxylation sites is 1. The van der Waals surface area contributed by atoms with Crippen molar-refractivity contribution in [3.63, 3.8) is 0 Å². The van der Waals surface area contributed by atoms with Crippen LogP contribution in [0.3, 0.4) is 0 Å². The number of carbonyl (C=O) groups is 2. The van der Waals surface area contributed by atoms with Crippen molar-refractivity contribution in [2.75, 3.05) is 11.5 Å². The van der Waals surface area contributed by atoms with E-state index in [2.05, 4.69) is 0 Å². The largest absolute Gasteiger partial charge is 0.508 e. The predicted molar refractivity (Wildman–Crippen MR) is 113 cm³/mol. The van der Waals surface area contributed by atoms with E-state index in [1.807, 2.05) is 30.3 Å². The fourth-order valence-corrected chi connectivity index (χ4v) is 4.11. The standard InChI is InChI=1S/C24H25NO5/c26-20-11-12-21-17(15-29-22(21)14-20)13-24(28)30-16-23(27)25(18-7-3-1-4-8-18)19-9-5-2-6-10-19/h1,3-4,7-8,11-12,14-15,19,26H,2,5-6,9-10,13,16H2. The molecule has 0 atom stereocenters. The van der Waals surface area contributed by atoms with Crippen LogP contribution < -0.4 is 4.90 Å². The first kappa shape index (κ1) is 20.0. The van der Waals surface area contributed by atoms with Crippen molar-refractivity contribution in [2.24, 2.45) is 0 Å². The Morgan fingerprint density at radius 1 is 1.07 bits per heavy atom. The van der Waals surface area contributed by atoms with Gasteiger partial charge in [0.25, 0.3) is 5.91 Å². The Kier molecular flexibility index (Phi) is 6.02. The van der Waals surface area contributed by atoms with E-state index in [4.69, 9.17) is 9.15 Å². The molecule has 156 valence electrons. The lowest BCUT2D eigenvalue weighted by Crippen LogP contribution is -2.44. The fraction of sp³-hybridized carbons (Fsp3) is 0.333. The number of esters is 1. The number of furan rings is 1. The van der Waals surface area contributed by atoms with Crippen molar-refractivity contribution >= 4 is 28.5 Å². The van der Waals surface area contributed by atoms with Crippen LogP contribution in [0.2, 0.25) is 0 Å². The van der Waals surface area contributed by atoms with Crippen LogP contribution in [0.25, 0.3) is 11.0 Å². The maximum absolute atomic E-state index is 13.0. The number of amides is 1. The van der Waals surface area contributed by atoms with Gasteiger partial charge in [-0.1, -0.05) is 37.5 Å². The summed E-state index contributed by atoms with van der Waals surface area (Å²) < 4.78 is 10.7. The highest BCUT2D eigenvalue weighted by Crippen LogP contribution is 2.28. The third kappa shape index (κ3) is 4.48. The molecule has 0 aliphatic heterocycles. The van der Waals surface area contributed by atoms with E-state index in [1.54, 1.807) is 11.0 Å². The molecule has 3 aromatic rings. The van der Waals surface area contributed by atoms with Gasteiger partial charge in [0.05, 0.1) is 12.7 Å². The molecule has 1 fully saturated rings. The second-order valence-corrected chi connectivity index (χ2v) is 7.67. The van der Waals surface area contributed by atoms with Crippen molar-refractivity contribution in [2.45, 2.75) is 44.6 Å². The molecule has 4 rings (SSSR count). The third-order valence-corrected chi connectivity index (χ3v) is 5.57. The summed E-state index contributed by atoms with van der Waals surface area (Å²) in [6, 6.07) is 14.4. The third-order valence-electron chi connectivity index (χ3n) is 5.57. The van der Waals surface area contributed by atoms with E-state index in [0.29, 0.717) is 11.1 Å². The first-order valence-corrected chi connectivity index (χ1v) is 10.3. The van der Waals surface area contributed by atoms with Gasteiger partial charge < -0.3 is 19.2 Å². The molecule has 6 heteroatoms. The lowest BCUT2D eigenvalue weighted by molar-refractivity contribution is -0.147. The summed E-state index contributed by atoms with van der Waals surface area (Å²) in [5, 5.41) is 10.3. The Hall–Kier alpha value is -3.28. The number of rotatable bonds is 6. The summed E-state index contributed by atoms with van der Waals surface area (Å²) in [5.41, 5.74) is 2.00. The fourth-order valence-electron chi connectivity index (χ4n) is 4.11. The minimum atomic E-state index is -0.490. The molecule has 1 N–H and O–H groups in total. The highest BCUT2D eigenvalue weighted by Gasteiger charge is 2.27. The van der Waals surface area contributed by atoms with Gasteiger partial charge in [-0.15, -0.1) is 0 Å². The second-order valence-electron chi connectivity index (χ2n) is 7.67. The highest BCUT2D eigenvalue weighted by molar-refractivity contribution is 5.96. The van der Waals surface area contributed by atoms with E-state index in [1.165, 1.54) is 24.8 Å². The van der Waals surface area contributed by atoms with Gasteiger partial charge in [0.1, 0.15) is 11.3 Å². The minimum Gasteiger partial charge on any atom is -0.508 e. The molecule has 1 aromatic heterocycles. The highest BCUT2D eigenvalue weighted by atomic mass is 16.5. The molecule has 1 aliphatic carbocycles. The Labute approximate surface area is 175 Å². The first-order chi connectivity index (χ1) is 14.6. The van der Waals surface area contributed by atoms with Gasteiger partial charge in [0.2, 0.25) is 0 Å². The smallest absolute Gasteiger partial charge is 0.310 e. The van der Waals surface area contributed by atoms with Gasteiger partial charge >= 0.3 is 5.97 Å². The molecule has 1 amide bonds. The van der Waals surface area contributed by atoms with Gasteiger partial charge in [-0.05, 0) is 37.1 Å². The monoisotopic (exact) mass is 407 g/mol. The van der Waals surface area contributed by atoms with E-state index in [0.717, 1.165) is 36.8 Å². The van der Waals surface area contributed by atoms with E-state index in [-0.39, 0.29) is 30.7 Å². The van der Waals surface area contributed by atoms with Gasteiger partial charge in [-0.3, -0.25) is 9.59 Å². The molecule has 2 aromatic carbocycles. The molecule has 0 bridgehead atoms. The zero-order valence-electron chi connectivity index (χ0n) is 16.8. The van der Waals surface area contributed by atoms with Crippen LogP contribution in [0.1, 0.15) is 37.7 Å². The predicted octanol–water partition coefficient (Wildman–Crippen LogP) is 4.59. The van der Waals surface area contributed by atoms with E-state index in [9.17, 15) is 14.7 Å². The van der Waals surface area contributed by atoms with Gasteiger partial charge in [-0.25, -0.2) is 0 Å². The Balaban J connectivity index is 1.41. The molecule has 1 heterocycles. The molecular formula is C24H25NO5. The summed E-state index contributed by atoms with van der Waals surface area (Å²) in [7, 11) is 0. The summed E-state index contributed by atoms with van der Waals surface area (Å²) in [4.78, 5) is 27.2. The van der Waals surface area contributed by atoms with Crippen molar-refractivity contribution in [3.05, 3.63) is 60.4 Å². The molecule has 1 saturated carbocycles. The maximum atomic E-state index is 13.0. The number of anilines is 1. The number of carbonyl (C=O) groups excluding carboxylic acids is 2. The lowest BCUT2D eigenvalue weighted by atomic mass is 9.93. The maximum Gasteiger partial charge on any atom is 0.310 e. The van der Waals surface area contributed by atoms with Crippen LogP contribution in [0.15, 0.2) is 59.2 Å². The molecule has 1 aliphatic rings. The lowest BCUT2D eigenvalue weighted by Gasteiger charge is -2.34. The van der Waals surface area contributed by atoms with E-state index < -0.39 is 5.97 Å². The Morgan fingerprint density at radius 2 is 1.83 bits per heavy atom. The van der Waals surface area contributed by atoms with Crippen LogP contribution in [-0.4, -0.2) is 29.6 Å². The molecule has 30 heavy (non-hydrogen) atoms. The second kappa shape index (κ2) is 9.03. The zero-order valence-corrected chi connectivity index (χ0v) is 16.8. The number of fused-ring (bicyclic) bond motifs is 1. The molecule has 6 nitrogen and oxygen atoms in total. The first-order valence-electron chi connectivity index (χ1n) is 10.3. The number of hydrogen-bond donors (Lipinski definition) is 1. The Bertz CT molecular complexity index is 1020. The summed E-state index contributed by atoms with van der Waals surface area (Å²) in [5.74, 6) is -0.598. The molecule has 0 radical (unpaired) electrons. The van der Waals surface area contributed by atoms with Crippen molar-refractivity contribution < 1.29 is 23.8 Å². The quantitative estimate of drug-likeness (QED) is 0.605. The molecule has 0 spiro atoms. The average molecular weight is 407 g/mol. The zero-order chi connectivity index (χ0) is 20.9. The van der Waals surface area contributed by atoms with Crippen molar-refractivity contribution in [1.82, 2.24) is 0 Å². The normalized spacial score (nSPS) is 14.5. The number of phenols is 1. The van der Waals surface area contributed by atoms with Gasteiger partial charge in [-0.2, -0.15) is 0 Å². The van der Waals surface area contributed by atoms with Crippen LogP contribution in [0.4, 0.5) is 5.69 Å². The topological polar surface area (TPSA) is 80.0 Å². The minimum absolute atomic E-state index is 0.000178. The Morgan fingerprint density at radius 3 is 2.60 bits per heavy atom. The number of ether oxygens (including phenoxy) is 1. The number of benzene rings is 2. The van der Waals surface area contributed by atoms with Crippen LogP contribution in [-0.2, 0) is 20.7 Å².